The molecule has 3 rings (SSSR count). The molecule has 110 valence electrons. The van der Waals surface area contributed by atoms with Crippen molar-refractivity contribution in [1.29, 1.82) is 0 Å². The molecule has 4 heteroatoms. The summed E-state index contributed by atoms with van der Waals surface area (Å²) < 4.78 is 0. The van der Waals surface area contributed by atoms with Gasteiger partial charge in [-0.05, 0) is 38.0 Å². The topological polar surface area (TPSA) is 24.4 Å². The molecule has 0 saturated carbocycles. The summed E-state index contributed by atoms with van der Waals surface area (Å²) in [4.78, 5) is 7.44. The Bertz CT molecular complexity index is 646. The fourth-order valence-corrected chi connectivity index (χ4v) is 4.77. The first-order valence-corrected chi connectivity index (χ1v) is 8.92. The first-order chi connectivity index (χ1) is 10.1. The van der Waals surface area contributed by atoms with Crippen LogP contribution in [0.3, 0.4) is 0 Å². The van der Waals surface area contributed by atoms with Crippen LogP contribution in [0.25, 0.3) is 0 Å². The Morgan fingerprint density at radius 2 is 2.00 bits per heavy atom. The van der Waals surface area contributed by atoms with Crippen LogP contribution in [0.2, 0.25) is 0 Å². The summed E-state index contributed by atoms with van der Waals surface area (Å²) >= 11 is 3.71. The number of benzene rings is 1. The Morgan fingerprint density at radius 3 is 2.67 bits per heavy atom. The van der Waals surface area contributed by atoms with Crippen LogP contribution < -0.4 is 5.32 Å². The van der Waals surface area contributed by atoms with Gasteiger partial charge in [0.1, 0.15) is 0 Å². The van der Waals surface area contributed by atoms with E-state index in [0.717, 1.165) is 11.7 Å². The standard InChI is InChI=1S/C17H20N2S2/c1-11-9-15(13(3)20-11)12(2)19-17-18-10-16(21-17)14-7-5-4-6-8-14/h4-9,12,16H,10H2,1-3H3,(H,18,19). The third-order valence-corrected chi connectivity index (χ3v) is 5.87. The second kappa shape index (κ2) is 6.24. The van der Waals surface area contributed by atoms with Crippen molar-refractivity contribution in [3.05, 3.63) is 57.3 Å². The van der Waals surface area contributed by atoms with Gasteiger partial charge in [-0.15, -0.1) is 11.3 Å². The maximum Gasteiger partial charge on any atom is 0.157 e. The summed E-state index contributed by atoms with van der Waals surface area (Å²) in [5.41, 5.74) is 2.75. The third kappa shape index (κ3) is 3.33. The Balaban J connectivity index is 1.63. The number of hydrogen-bond acceptors (Lipinski definition) is 4. The SMILES string of the molecule is Cc1cc(C(C)NC2=NCC(c3ccccc3)S2)c(C)s1. The van der Waals surface area contributed by atoms with Crippen molar-refractivity contribution in [3.8, 4) is 0 Å². The molecule has 0 spiro atoms. The molecule has 2 atom stereocenters. The van der Waals surface area contributed by atoms with Crippen LogP contribution in [-0.2, 0) is 0 Å². The Kier molecular flexibility index (Phi) is 4.36. The van der Waals surface area contributed by atoms with Crippen LogP contribution in [0.1, 0.15) is 39.1 Å². The van der Waals surface area contributed by atoms with E-state index in [1.165, 1.54) is 20.9 Å². The Labute approximate surface area is 134 Å². The van der Waals surface area contributed by atoms with E-state index in [2.05, 4.69) is 67.5 Å². The van der Waals surface area contributed by atoms with Gasteiger partial charge in [0.15, 0.2) is 5.17 Å². The van der Waals surface area contributed by atoms with Gasteiger partial charge in [-0.2, -0.15) is 0 Å². The normalized spacial score (nSPS) is 19.4. The molecule has 0 radical (unpaired) electrons. The second-order valence-corrected chi connectivity index (χ2v) is 8.05. The first kappa shape index (κ1) is 14.7. The summed E-state index contributed by atoms with van der Waals surface area (Å²) in [5.74, 6) is 0. The van der Waals surface area contributed by atoms with Crippen molar-refractivity contribution in [2.45, 2.75) is 32.1 Å². The minimum absolute atomic E-state index is 0.315. The molecule has 2 nitrogen and oxygen atoms in total. The lowest BCUT2D eigenvalue weighted by Crippen LogP contribution is -2.23. The van der Waals surface area contributed by atoms with Gasteiger partial charge >= 0.3 is 0 Å². The number of nitrogens with one attached hydrogen (secondary N) is 1. The molecule has 21 heavy (non-hydrogen) atoms. The number of amidine groups is 1. The first-order valence-electron chi connectivity index (χ1n) is 7.23. The van der Waals surface area contributed by atoms with Crippen LogP contribution in [-0.4, -0.2) is 11.7 Å². The van der Waals surface area contributed by atoms with Crippen molar-refractivity contribution in [2.24, 2.45) is 4.99 Å². The molecule has 0 fully saturated rings. The van der Waals surface area contributed by atoms with Crippen molar-refractivity contribution in [3.63, 3.8) is 0 Å². The minimum atomic E-state index is 0.315. The Morgan fingerprint density at radius 1 is 1.24 bits per heavy atom. The van der Waals surface area contributed by atoms with E-state index in [0.29, 0.717) is 11.3 Å². The lowest BCUT2D eigenvalue weighted by molar-refractivity contribution is 0.721. The van der Waals surface area contributed by atoms with Crippen molar-refractivity contribution in [2.75, 3.05) is 6.54 Å². The highest BCUT2D eigenvalue weighted by atomic mass is 32.2. The Hall–Kier alpha value is -1.26. The van der Waals surface area contributed by atoms with Crippen LogP contribution >= 0.6 is 23.1 Å². The lowest BCUT2D eigenvalue weighted by Gasteiger charge is -2.15. The zero-order valence-electron chi connectivity index (χ0n) is 12.6. The van der Waals surface area contributed by atoms with E-state index in [9.17, 15) is 0 Å². The van der Waals surface area contributed by atoms with Gasteiger partial charge in [-0.25, -0.2) is 0 Å². The molecular formula is C17H20N2S2. The molecule has 1 aliphatic heterocycles. The molecule has 0 saturated heterocycles. The quantitative estimate of drug-likeness (QED) is 0.874. The van der Waals surface area contributed by atoms with Crippen molar-refractivity contribution in [1.82, 2.24) is 5.32 Å². The van der Waals surface area contributed by atoms with Crippen molar-refractivity contribution >= 4 is 28.3 Å². The summed E-state index contributed by atoms with van der Waals surface area (Å²) in [5, 5.41) is 5.09. The average molecular weight is 316 g/mol. The van der Waals surface area contributed by atoms with E-state index < -0.39 is 0 Å². The molecule has 1 aromatic carbocycles. The predicted octanol–water partition coefficient (Wildman–Crippen LogP) is 4.86. The molecule has 1 aromatic heterocycles. The number of aliphatic imine (C=N–C) groups is 1. The third-order valence-electron chi connectivity index (χ3n) is 3.71. The molecular weight excluding hydrogens is 296 g/mol. The van der Waals surface area contributed by atoms with Gasteiger partial charge in [0, 0.05) is 9.75 Å². The highest BCUT2D eigenvalue weighted by Gasteiger charge is 2.23. The van der Waals surface area contributed by atoms with Gasteiger partial charge in [0.2, 0.25) is 0 Å². The number of nitrogens with zero attached hydrogens (tertiary/aromatic N) is 1. The van der Waals surface area contributed by atoms with Crippen LogP contribution in [0.15, 0.2) is 41.4 Å². The molecule has 0 aliphatic carbocycles. The fraction of sp³-hybridized carbons (Fsp3) is 0.353. The van der Waals surface area contributed by atoms with Crippen LogP contribution in [0.5, 0.6) is 0 Å². The van der Waals surface area contributed by atoms with Gasteiger partial charge in [-0.3, -0.25) is 4.99 Å². The summed E-state index contributed by atoms with van der Waals surface area (Å²) in [6, 6.07) is 13.2. The molecule has 1 aliphatic rings. The van der Waals surface area contributed by atoms with E-state index >= 15 is 0 Å². The summed E-state index contributed by atoms with van der Waals surface area (Å²) in [7, 11) is 0. The monoisotopic (exact) mass is 316 g/mol. The highest BCUT2D eigenvalue weighted by molar-refractivity contribution is 8.14. The zero-order chi connectivity index (χ0) is 14.8. The van der Waals surface area contributed by atoms with Gasteiger partial charge in [0.25, 0.3) is 0 Å². The van der Waals surface area contributed by atoms with Crippen LogP contribution in [0, 0.1) is 13.8 Å². The molecule has 2 unspecified atom stereocenters. The van der Waals surface area contributed by atoms with E-state index in [1.54, 1.807) is 0 Å². The molecule has 0 amide bonds. The smallest absolute Gasteiger partial charge is 0.157 e. The summed E-state index contributed by atoms with van der Waals surface area (Å²) in [6.45, 7) is 7.45. The zero-order valence-corrected chi connectivity index (χ0v) is 14.2. The number of thioether (sulfide) groups is 1. The van der Waals surface area contributed by atoms with Crippen molar-refractivity contribution < 1.29 is 0 Å². The van der Waals surface area contributed by atoms with E-state index in [-0.39, 0.29) is 0 Å². The molecule has 1 N–H and O–H groups in total. The van der Waals surface area contributed by atoms with Gasteiger partial charge in [-0.1, -0.05) is 42.1 Å². The number of thiophene rings is 1. The molecule has 2 heterocycles. The number of hydrogen-bond donors (Lipinski definition) is 1. The summed E-state index contributed by atoms with van der Waals surface area (Å²) in [6.07, 6.45) is 0. The lowest BCUT2D eigenvalue weighted by atomic mass is 10.1. The average Bonchev–Trinajstić information content (AvgIpc) is 3.06. The van der Waals surface area contributed by atoms with E-state index in [4.69, 9.17) is 0 Å². The van der Waals surface area contributed by atoms with Crippen LogP contribution in [0.4, 0.5) is 0 Å². The van der Waals surface area contributed by atoms with Gasteiger partial charge in [0.05, 0.1) is 17.8 Å². The highest BCUT2D eigenvalue weighted by Crippen LogP contribution is 2.35. The minimum Gasteiger partial charge on any atom is -0.358 e. The number of rotatable bonds is 3. The maximum atomic E-state index is 4.67. The number of aryl methyl sites for hydroxylation is 2. The predicted molar refractivity (Wildman–Crippen MR) is 94.4 cm³/mol. The second-order valence-electron chi connectivity index (χ2n) is 5.40. The molecule has 0 bridgehead atoms. The largest absolute Gasteiger partial charge is 0.358 e. The van der Waals surface area contributed by atoms with E-state index in [1.807, 2.05) is 23.1 Å². The molecule has 2 aromatic rings. The fourth-order valence-electron chi connectivity index (χ4n) is 2.64. The van der Waals surface area contributed by atoms with Gasteiger partial charge < -0.3 is 5.32 Å². The maximum absolute atomic E-state index is 4.67.